The average molecular weight is 344 g/mol. The Balaban J connectivity index is 2.01. The lowest BCUT2D eigenvalue weighted by Crippen LogP contribution is -2.36. The zero-order valence-corrected chi connectivity index (χ0v) is 15.6. The van der Waals surface area contributed by atoms with Crippen LogP contribution in [0.15, 0.2) is 33.7 Å². The van der Waals surface area contributed by atoms with E-state index in [1.807, 2.05) is 39.8 Å². The summed E-state index contributed by atoms with van der Waals surface area (Å²) in [4.78, 5) is 9.05. The van der Waals surface area contributed by atoms with Gasteiger partial charge in [-0.15, -0.1) is 0 Å². The van der Waals surface area contributed by atoms with Crippen molar-refractivity contribution in [3.05, 3.63) is 52.7 Å². The molecule has 0 unspecified atom stereocenters. The smallest absolute Gasteiger partial charge is 0.214 e. The molecule has 25 heavy (non-hydrogen) atoms. The second-order valence-electron chi connectivity index (χ2n) is 5.70. The zero-order chi connectivity index (χ0) is 18.1. The van der Waals surface area contributed by atoms with Crippen molar-refractivity contribution >= 4 is 5.96 Å². The van der Waals surface area contributed by atoms with Gasteiger partial charge in [0.2, 0.25) is 5.89 Å². The van der Waals surface area contributed by atoms with Crippen LogP contribution in [0.5, 0.6) is 0 Å². The van der Waals surface area contributed by atoms with E-state index in [4.69, 9.17) is 9.15 Å². The van der Waals surface area contributed by atoms with Crippen LogP contribution in [0, 0.1) is 13.8 Å². The molecule has 0 bridgehead atoms. The Morgan fingerprint density at radius 2 is 1.92 bits per heavy atom. The van der Waals surface area contributed by atoms with E-state index in [-0.39, 0.29) is 0 Å². The Bertz CT molecular complexity index is 675. The number of aliphatic imine (C=N–C) groups is 1. The van der Waals surface area contributed by atoms with Gasteiger partial charge in [0.25, 0.3) is 0 Å². The number of ether oxygens (including phenoxy) is 1. The number of hydrogen-bond acceptors (Lipinski definition) is 4. The molecule has 0 fully saturated rings. The van der Waals surface area contributed by atoms with Gasteiger partial charge in [-0.05, 0) is 38.8 Å². The quantitative estimate of drug-likeness (QED) is 0.569. The van der Waals surface area contributed by atoms with E-state index in [2.05, 4.69) is 32.7 Å². The molecule has 0 spiro atoms. The molecule has 2 aromatic rings. The Morgan fingerprint density at radius 1 is 1.16 bits per heavy atom. The summed E-state index contributed by atoms with van der Waals surface area (Å²) < 4.78 is 11.1. The first-order valence-corrected chi connectivity index (χ1v) is 8.73. The van der Waals surface area contributed by atoms with Crippen molar-refractivity contribution < 1.29 is 9.15 Å². The molecule has 0 radical (unpaired) electrons. The number of nitrogens with zero attached hydrogens (tertiary/aromatic N) is 2. The number of benzene rings is 1. The number of aromatic nitrogens is 1. The molecule has 1 aromatic carbocycles. The highest BCUT2D eigenvalue weighted by Gasteiger charge is 2.07. The number of rotatable bonds is 8. The molecule has 136 valence electrons. The number of guanidine groups is 1. The van der Waals surface area contributed by atoms with Crippen molar-refractivity contribution in [1.82, 2.24) is 15.6 Å². The molecule has 0 saturated carbocycles. The van der Waals surface area contributed by atoms with Gasteiger partial charge in [-0.1, -0.05) is 24.3 Å². The molecule has 2 rings (SSSR count). The molecule has 0 aliphatic heterocycles. The molecule has 0 aliphatic carbocycles. The van der Waals surface area contributed by atoms with Gasteiger partial charge in [0.15, 0.2) is 5.96 Å². The van der Waals surface area contributed by atoms with Crippen LogP contribution in [0.1, 0.15) is 42.3 Å². The van der Waals surface area contributed by atoms with Gasteiger partial charge in [-0.25, -0.2) is 9.98 Å². The minimum absolute atomic E-state index is 0.501. The van der Waals surface area contributed by atoms with Gasteiger partial charge >= 0.3 is 0 Å². The van der Waals surface area contributed by atoms with E-state index in [0.29, 0.717) is 32.2 Å². The second-order valence-corrected chi connectivity index (χ2v) is 5.70. The van der Waals surface area contributed by atoms with Crippen molar-refractivity contribution in [2.45, 2.75) is 47.4 Å². The maximum absolute atomic E-state index is 5.60. The van der Waals surface area contributed by atoms with E-state index in [1.54, 1.807) is 0 Å². The Morgan fingerprint density at radius 3 is 2.56 bits per heavy atom. The van der Waals surface area contributed by atoms with Crippen molar-refractivity contribution in [3.63, 3.8) is 0 Å². The molecular weight excluding hydrogens is 316 g/mol. The van der Waals surface area contributed by atoms with Crippen LogP contribution < -0.4 is 10.6 Å². The van der Waals surface area contributed by atoms with E-state index < -0.39 is 0 Å². The van der Waals surface area contributed by atoms with Gasteiger partial charge in [-0.3, -0.25) is 0 Å². The molecule has 0 amide bonds. The fourth-order valence-electron chi connectivity index (χ4n) is 2.34. The summed E-state index contributed by atoms with van der Waals surface area (Å²) in [5, 5.41) is 6.51. The summed E-state index contributed by atoms with van der Waals surface area (Å²) >= 11 is 0. The van der Waals surface area contributed by atoms with Crippen LogP contribution in [-0.4, -0.2) is 24.1 Å². The molecule has 2 N–H and O–H groups in total. The minimum atomic E-state index is 0.501. The van der Waals surface area contributed by atoms with E-state index in [0.717, 1.165) is 29.5 Å². The molecule has 6 heteroatoms. The topological polar surface area (TPSA) is 71.7 Å². The molecule has 0 aliphatic rings. The predicted molar refractivity (Wildman–Crippen MR) is 99.4 cm³/mol. The fraction of sp³-hybridized carbons (Fsp3) is 0.474. The summed E-state index contributed by atoms with van der Waals surface area (Å²) in [5.41, 5.74) is 3.25. The third kappa shape index (κ3) is 5.90. The highest BCUT2D eigenvalue weighted by molar-refractivity contribution is 5.79. The largest absolute Gasteiger partial charge is 0.444 e. The molecule has 1 aromatic heterocycles. The first-order valence-electron chi connectivity index (χ1n) is 8.73. The first-order chi connectivity index (χ1) is 12.1. The van der Waals surface area contributed by atoms with Gasteiger partial charge in [0.1, 0.15) is 5.76 Å². The molecule has 0 atom stereocenters. The van der Waals surface area contributed by atoms with E-state index in [9.17, 15) is 0 Å². The molecular formula is C19H28N4O2. The van der Waals surface area contributed by atoms with Gasteiger partial charge < -0.3 is 19.8 Å². The number of aryl methyl sites for hydroxylation is 2. The third-order valence-electron chi connectivity index (χ3n) is 3.81. The maximum Gasteiger partial charge on any atom is 0.214 e. The van der Waals surface area contributed by atoms with E-state index in [1.165, 1.54) is 5.56 Å². The Labute approximate surface area is 149 Å². The monoisotopic (exact) mass is 344 g/mol. The van der Waals surface area contributed by atoms with E-state index >= 15 is 0 Å². The summed E-state index contributed by atoms with van der Waals surface area (Å²) in [6.07, 6.45) is 0. The molecule has 6 nitrogen and oxygen atoms in total. The number of hydrogen-bond donors (Lipinski definition) is 2. The standard InChI is InChI=1S/C19H28N4O2/c1-5-20-19(22-12-18-23-14(3)15(4)25-18)21-11-16-9-7-8-10-17(16)13-24-6-2/h7-10H,5-6,11-13H2,1-4H3,(H2,20,21,22). The summed E-state index contributed by atoms with van der Waals surface area (Å²) in [5.74, 6) is 2.25. The zero-order valence-electron chi connectivity index (χ0n) is 15.6. The van der Waals surface area contributed by atoms with Crippen molar-refractivity contribution in [3.8, 4) is 0 Å². The lowest BCUT2D eigenvalue weighted by Gasteiger charge is -2.11. The third-order valence-corrected chi connectivity index (χ3v) is 3.81. The van der Waals surface area contributed by atoms with Gasteiger partial charge in [-0.2, -0.15) is 0 Å². The summed E-state index contributed by atoms with van der Waals surface area (Å²) in [6, 6.07) is 8.22. The van der Waals surface area contributed by atoms with Crippen molar-refractivity contribution in [2.24, 2.45) is 4.99 Å². The predicted octanol–water partition coefficient (Wildman–Crippen LogP) is 3.08. The second kappa shape index (κ2) is 9.84. The average Bonchev–Trinajstić information content (AvgIpc) is 2.94. The first kappa shape index (κ1) is 19.0. The molecule has 1 heterocycles. The van der Waals surface area contributed by atoms with Crippen LogP contribution >= 0.6 is 0 Å². The lowest BCUT2D eigenvalue weighted by molar-refractivity contribution is 0.133. The van der Waals surface area contributed by atoms with Crippen molar-refractivity contribution in [1.29, 1.82) is 0 Å². The maximum atomic E-state index is 5.60. The number of nitrogens with one attached hydrogen (secondary N) is 2. The highest BCUT2D eigenvalue weighted by Crippen LogP contribution is 2.12. The van der Waals surface area contributed by atoms with Gasteiger partial charge in [0, 0.05) is 13.2 Å². The summed E-state index contributed by atoms with van der Waals surface area (Å²) in [6.45, 7) is 11.1. The normalized spacial score (nSPS) is 11.6. The Hall–Kier alpha value is -2.34. The van der Waals surface area contributed by atoms with Crippen LogP contribution in [0.2, 0.25) is 0 Å². The van der Waals surface area contributed by atoms with Crippen LogP contribution in [0.25, 0.3) is 0 Å². The lowest BCUT2D eigenvalue weighted by atomic mass is 10.1. The number of oxazole rings is 1. The summed E-state index contributed by atoms with van der Waals surface area (Å²) in [7, 11) is 0. The fourth-order valence-corrected chi connectivity index (χ4v) is 2.34. The highest BCUT2D eigenvalue weighted by atomic mass is 16.5. The Kier molecular flexibility index (Phi) is 7.47. The van der Waals surface area contributed by atoms with Crippen LogP contribution in [0.4, 0.5) is 0 Å². The van der Waals surface area contributed by atoms with Crippen molar-refractivity contribution in [2.75, 3.05) is 13.2 Å². The van der Waals surface area contributed by atoms with Gasteiger partial charge in [0.05, 0.1) is 25.4 Å². The van der Waals surface area contributed by atoms with Crippen LogP contribution in [-0.2, 0) is 24.4 Å². The molecule has 0 saturated heterocycles. The SMILES string of the molecule is CCNC(=NCc1ccccc1COCC)NCc1nc(C)c(C)o1. The minimum Gasteiger partial charge on any atom is -0.444 e. The van der Waals surface area contributed by atoms with Crippen LogP contribution in [0.3, 0.4) is 0 Å².